The summed E-state index contributed by atoms with van der Waals surface area (Å²) >= 11 is 6.70. The Balaban J connectivity index is 1.89. The van der Waals surface area contributed by atoms with Crippen LogP contribution in [-0.4, -0.2) is 43.6 Å². The Bertz CT molecular complexity index is 1090. The predicted molar refractivity (Wildman–Crippen MR) is 122 cm³/mol. The molecule has 2 saturated heterocycles. The van der Waals surface area contributed by atoms with Gasteiger partial charge in [0.25, 0.3) is 11.5 Å². The molecule has 29 heavy (non-hydrogen) atoms. The van der Waals surface area contributed by atoms with Gasteiger partial charge in [-0.05, 0) is 50.8 Å². The van der Waals surface area contributed by atoms with Gasteiger partial charge < -0.3 is 4.90 Å². The summed E-state index contributed by atoms with van der Waals surface area (Å²) in [7, 11) is 0. The van der Waals surface area contributed by atoms with Crippen LogP contribution < -0.4 is 10.5 Å². The van der Waals surface area contributed by atoms with Crippen molar-refractivity contribution >= 4 is 51.7 Å². The monoisotopic (exact) mass is 428 g/mol. The molecule has 2 aliphatic rings. The largest absolute Gasteiger partial charge is 0.356 e. The van der Waals surface area contributed by atoms with Gasteiger partial charge in [-0.1, -0.05) is 37.0 Å². The van der Waals surface area contributed by atoms with Gasteiger partial charge in [0.15, 0.2) is 0 Å². The summed E-state index contributed by atoms with van der Waals surface area (Å²) in [4.78, 5) is 35.5. The molecular formula is C21H24N4O2S2. The second kappa shape index (κ2) is 7.91. The minimum atomic E-state index is -0.158. The second-order valence-electron chi connectivity index (χ2n) is 7.54. The van der Waals surface area contributed by atoms with E-state index in [1.807, 2.05) is 32.9 Å². The standard InChI is InChI=1S/C21H24N4O2S2/c1-4-14(3)25-20(27)16(29-21(25)28)12-15-18(23-9-5-6-10-23)22-17-13(2)8-7-11-24(17)19(15)26/h7-8,11-12,14H,4-6,9-10H2,1-3H3. The molecule has 0 spiro atoms. The van der Waals surface area contributed by atoms with Crippen LogP contribution in [0.25, 0.3) is 11.7 Å². The van der Waals surface area contributed by atoms with Crippen molar-refractivity contribution in [3.8, 4) is 0 Å². The summed E-state index contributed by atoms with van der Waals surface area (Å²) in [5.41, 5.74) is 1.90. The summed E-state index contributed by atoms with van der Waals surface area (Å²) in [6, 6.07) is 3.82. The summed E-state index contributed by atoms with van der Waals surface area (Å²) < 4.78 is 2.11. The lowest BCUT2D eigenvalue weighted by Gasteiger charge is -2.21. The normalized spacial score (nSPS) is 19.8. The molecule has 6 nitrogen and oxygen atoms in total. The molecule has 0 radical (unpaired) electrons. The number of thioether (sulfide) groups is 1. The molecule has 2 aromatic rings. The Kier molecular flexibility index (Phi) is 5.48. The van der Waals surface area contributed by atoms with E-state index in [0.29, 0.717) is 26.3 Å². The molecular weight excluding hydrogens is 404 g/mol. The molecule has 0 N–H and O–H groups in total. The average molecular weight is 429 g/mol. The van der Waals surface area contributed by atoms with Crippen molar-refractivity contribution in [2.45, 2.75) is 46.1 Å². The molecule has 0 aromatic carbocycles. The SMILES string of the molecule is CCC(C)N1C(=O)C(=Cc2c(N3CCCC3)nc3c(C)cccn3c2=O)SC1=S. The van der Waals surface area contributed by atoms with E-state index < -0.39 is 0 Å². The molecule has 4 heterocycles. The molecule has 1 atom stereocenters. The van der Waals surface area contributed by atoms with Gasteiger partial charge in [0, 0.05) is 25.3 Å². The number of fused-ring (bicyclic) bond motifs is 1. The first-order valence-corrected chi connectivity index (χ1v) is 11.2. The average Bonchev–Trinajstić information content (AvgIpc) is 3.32. The van der Waals surface area contributed by atoms with Crippen LogP contribution in [0.4, 0.5) is 5.82 Å². The fourth-order valence-corrected chi connectivity index (χ4v) is 5.21. The first kappa shape index (κ1) is 20.1. The minimum absolute atomic E-state index is 0.0323. The number of carbonyl (C=O) groups excluding carboxylic acids is 1. The van der Waals surface area contributed by atoms with E-state index in [9.17, 15) is 9.59 Å². The first-order valence-electron chi connectivity index (χ1n) is 9.96. The van der Waals surface area contributed by atoms with Gasteiger partial charge in [-0.3, -0.25) is 18.9 Å². The summed E-state index contributed by atoms with van der Waals surface area (Å²) in [6.45, 7) is 7.69. The van der Waals surface area contributed by atoms with Crippen molar-refractivity contribution in [2.75, 3.05) is 18.0 Å². The number of aryl methyl sites for hydroxylation is 1. The van der Waals surface area contributed by atoms with E-state index in [1.54, 1.807) is 21.6 Å². The van der Waals surface area contributed by atoms with Crippen LogP contribution in [-0.2, 0) is 4.79 Å². The fraction of sp³-hybridized carbons (Fsp3) is 0.429. The first-order chi connectivity index (χ1) is 13.9. The van der Waals surface area contributed by atoms with Crippen LogP contribution in [0, 0.1) is 6.92 Å². The van der Waals surface area contributed by atoms with Crippen molar-refractivity contribution in [2.24, 2.45) is 0 Å². The lowest BCUT2D eigenvalue weighted by Crippen LogP contribution is -2.36. The van der Waals surface area contributed by atoms with Gasteiger partial charge in [-0.15, -0.1) is 0 Å². The van der Waals surface area contributed by atoms with Gasteiger partial charge in [0.05, 0.1) is 10.5 Å². The van der Waals surface area contributed by atoms with Crippen molar-refractivity contribution in [3.63, 3.8) is 0 Å². The van der Waals surface area contributed by atoms with Crippen molar-refractivity contribution in [1.82, 2.24) is 14.3 Å². The highest BCUT2D eigenvalue weighted by atomic mass is 32.2. The van der Waals surface area contributed by atoms with E-state index in [1.165, 1.54) is 11.8 Å². The topological polar surface area (TPSA) is 57.9 Å². The Morgan fingerprint density at radius 3 is 2.72 bits per heavy atom. The number of pyridine rings is 1. The number of nitrogens with zero attached hydrogens (tertiary/aromatic N) is 4. The van der Waals surface area contributed by atoms with Gasteiger partial charge in [0.1, 0.15) is 15.8 Å². The minimum Gasteiger partial charge on any atom is -0.356 e. The third-order valence-electron chi connectivity index (χ3n) is 5.60. The number of anilines is 1. The molecule has 2 aliphatic heterocycles. The Labute approximate surface area is 179 Å². The van der Waals surface area contributed by atoms with Crippen LogP contribution >= 0.6 is 24.0 Å². The Morgan fingerprint density at radius 2 is 2.03 bits per heavy atom. The molecule has 1 amide bonds. The number of carbonyl (C=O) groups is 1. The maximum atomic E-state index is 13.4. The number of rotatable bonds is 4. The smallest absolute Gasteiger partial charge is 0.267 e. The third kappa shape index (κ3) is 3.48. The summed E-state index contributed by atoms with van der Waals surface area (Å²) in [6.07, 6.45) is 6.39. The molecule has 8 heteroatoms. The van der Waals surface area contributed by atoms with Crippen LogP contribution in [0.15, 0.2) is 28.0 Å². The van der Waals surface area contributed by atoms with E-state index in [4.69, 9.17) is 17.2 Å². The molecule has 0 saturated carbocycles. The molecule has 152 valence electrons. The van der Waals surface area contributed by atoms with Gasteiger partial charge >= 0.3 is 0 Å². The lowest BCUT2D eigenvalue weighted by molar-refractivity contribution is -0.123. The third-order valence-corrected chi connectivity index (χ3v) is 6.93. The van der Waals surface area contributed by atoms with Crippen molar-refractivity contribution in [1.29, 1.82) is 0 Å². The lowest BCUT2D eigenvalue weighted by atomic mass is 10.2. The van der Waals surface area contributed by atoms with E-state index in [0.717, 1.165) is 37.9 Å². The summed E-state index contributed by atoms with van der Waals surface area (Å²) in [5, 5.41) is 0. The van der Waals surface area contributed by atoms with E-state index >= 15 is 0 Å². The quantitative estimate of drug-likeness (QED) is 0.548. The molecule has 0 bridgehead atoms. The highest BCUT2D eigenvalue weighted by Crippen LogP contribution is 2.35. The zero-order valence-electron chi connectivity index (χ0n) is 16.8. The van der Waals surface area contributed by atoms with Crippen LogP contribution in [0.1, 0.15) is 44.2 Å². The number of hydrogen-bond donors (Lipinski definition) is 0. The maximum absolute atomic E-state index is 13.4. The molecule has 2 fully saturated rings. The van der Waals surface area contributed by atoms with Gasteiger partial charge in [-0.2, -0.15) is 0 Å². The highest BCUT2D eigenvalue weighted by Gasteiger charge is 2.35. The van der Waals surface area contributed by atoms with Crippen LogP contribution in [0.3, 0.4) is 0 Å². The van der Waals surface area contributed by atoms with E-state index in [2.05, 4.69) is 4.90 Å². The number of hydrogen-bond acceptors (Lipinski definition) is 6. The Morgan fingerprint density at radius 1 is 1.31 bits per heavy atom. The zero-order chi connectivity index (χ0) is 20.7. The molecule has 0 aliphatic carbocycles. The fourth-order valence-electron chi connectivity index (χ4n) is 3.77. The number of aromatic nitrogens is 2. The van der Waals surface area contributed by atoms with Crippen LogP contribution in [0.5, 0.6) is 0 Å². The maximum Gasteiger partial charge on any atom is 0.267 e. The van der Waals surface area contributed by atoms with Gasteiger partial charge in [0.2, 0.25) is 0 Å². The predicted octanol–water partition coefficient (Wildman–Crippen LogP) is 3.60. The summed E-state index contributed by atoms with van der Waals surface area (Å²) in [5.74, 6) is 0.533. The molecule has 2 aromatic heterocycles. The van der Waals surface area contributed by atoms with E-state index in [-0.39, 0.29) is 17.5 Å². The number of thiocarbonyl (C=S) groups is 1. The number of amides is 1. The van der Waals surface area contributed by atoms with Crippen molar-refractivity contribution in [3.05, 3.63) is 44.7 Å². The van der Waals surface area contributed by atoms with Crippen LogP contribution in [0.2, 0.25) is 0 Å². The molecule has 1 unspecified atom stereocenters. The van der Waals surface area contributed by atoms with Gasteiger partial charge in [-0.25, -0.2) is 4.98 Å². The molecule has 4 rings (SSSR count). The second-order valence-corrected chi connectivity index (χ2v) is 9.22. The Hall–Kier alpha value is -2.19. The van der Waals surface area contributed by atoms with Crippen molar-refractivity contribution < 1.29 is 4.79 Å². The highest BCUT2D eigenvalue weighted by molar-refractivity contribution is 8.26. The zero-order valence-corrected chi connectivity index (χ0v) is 18.5.